The molecule has 0 bridgehead atoms. The van der Waals surface area contributed by atoms with Crippen molar-refractivity contribution in [2.45, 2.75) is 89.3 Å². The first-order chi connectivity index (χ1) is 19.2. The first kappa shape index (κ1) is 29.0. The molecule has 2 aromatic rings. The summed E-state index contributed by atoms with van der Waals surface area (Å²) in [4.78, 5) is 6.96. The second kappa shape index (κ2) is 12.6. The van der Waals surface area contributed by atoms with Gasteiger partial charge in [0.15, 0.2) is 0 Å². The van der Waals surface area contributed by atoms with Gasteiger partial charge in [0.1, 0.15) is 17.4 Å². The van der Waals surface area contributed by atoms with E-state index in [1.165, 1.54) is 18.1 Å². The van der Waals surface area contributed by atoms with Gasteiger partial charge in [-0.25, -0.2) is 9.37 Å². The zero-order chi connectivity index (χ0) is 28.3. The number of nitrogens with zero attached hydrogens (tertiary/aromatic N) is 2. The van der Waals surface area contributed by atoms with E-state index < -0.39 is 11.6 Å². The van der Waals surface area contributed by atoms with Gasteiger partial charge in [0, 0.05) is 45.5 Å². The monoisotopic (exact) mass is 553 g/mol. The van der Waals surface area contributed by atoms with E-state index in [2.05, 4.69) is 28.9 Å². The lowest BCUT2D eigenvalue weighted by atomic mass is 9.85. The maximum atomic E-state index is 14.7. The minimum atomic E-state index is -0.494. The molecule has 0 aliphatic carbocycles. The summed E-state index contributed by atoms with van der Waals surface area (Å²) in [5.41, 5.74) is 4.55. The molecule has 1 aromatic carbocycles. The molecular formula is C32H44FN3O4. The van der Waals surface area contributed by atoms with Crippen molar-refractivity contribution in [3.8, 4) is 0 Å². The smallest absolute Gasteiger partial charge is 0.129 e. The van der Waals surface area contributed by atoms with Gasteiger partial charge in [0.25, 0.3) is 0 Å². The molecule has 3 atom stereocenters. The molecule has 2 N–H and O–H groups in total. The normalized spacial score (nSPS) is 21.9. The fourth-order valence-electron chi connectivity index (χ4n) is 6.23. The van der Waals surface area contributed by atoms with Gasteiger partial charge in [-0.15, -0.1) is 0 Å². The van der Waals surface area contributed by atoms with E-state index in [-0.39, 0.29) is 23.8 Å². The number of nitrogens with one attached hydrogen (secondary N) is 1. The molecule has 0 spiro atoms. The van der Waals surface area contributed by atoms with Crippen molar-refractivity contribution in [1.82, 2.24) is 9.88 Å². The average molecular weight is 554 g/mol. The minimum absolute atomic E-state index is 0.0227. The summed E-state index contributed by atoms with van der Waals surface area (Å²) in [6.45, 7) is 11.3. The molecule has 5 rings (SSSR count). The van der Waals surface area contributed by atoms with Crippen molar-refractivity contribution in [3.05, 3.63) is 70.4 Å². The Kier molecular flexibility index (Phi) is 9.10. The quantitative estimate of drug-likeness (QED) is 0.274. The number of rotatable bonds is 11. The number of halogens is 1. The summed E-state index contributed by atoms with van der Waals surface area (Å²) < 4.78 is 32.7. The van der Waals surface area contributed by atoms with Crippen molar-refractivity contribution in [3.63, 3.8) is 0 Å². The van der Waals surface area contributed by atoms with E-state index in [0.717, 1.165) is 73.4 Å². The lowest BCUT2D eigenvalue weighted by molar-refractivity contribution is -0.120. The van der Waals surface area contributed by atoms with Crippen LogP contribution in [-0.2, 0) is 40.1 Å². The van der Waals surface area contributed by atoms with E-state index in [1.54, 1.807) is 13.2 Å². The van der Waals surface area contributed by atoms with Crippen LogP contribution in [0.15, 0.2) is 36.6 Å². The van der Waals surface area contributed by atoms with Crippen molar-refractivity contribution in [2.75, 3.05) is 38.7 Å². The summed E-state index contributed by atoms with van der Waals surface area (Å²) in [6.07, 6.45) is 6.54. The van der Waals surface area contributed by atoms with Gasteiger partial charge in [0.2, 0.25) is 0 Å². The predicted octanol–water partition coefficient (Wildman–Crippen LogP) is 5.67. The Labute approximate surface area is 237 Å². The third-order valence-electron chi connectivity index (χ3n) is 8.76. The highest BCUT2D eigenvalue weighted by Crippen LogP contribution is 2.38. The Hall–Kier alpha value is -2.52. The number of aryl methyl sites for hydroxylation is 2. The van der Waals surface area contributed by atoms with Crippen molar-refractivity contribution < 1.29 is 23.7 Å². The lowest BCUT2D eigenvalue weighted by Gasteiger charge is -2.38. The van der Waals surface area contributed by atoms with Crippen LogP contribution in [0, 0.1) is 5.82 Å². The van der Waals surface area contributed by atoms with Crippen molar-refractivity contribution >= 4 is 5.82 Å². The van der Waals surface area contributed by atoms with Crippen LogP contribution in [0.4, 0.5) is 10.2 Å². The Morgan fingerprint density at radius 2 is 2.15 bits per heavy atom. The number of hydrogen-bond acceptors (Lipinski definition) is 7. The topological polar surface area (TPSA) is 76.1 Å². The van der Waals surface area contributed by atoms with Gasteiger partial charge in [-0.3, -0.25) is 4.90 Å². The molecule has 0 unspecified atom stereocenters. The maximum Gasteiger partial charge on any atom is 0.129 e. The van der Waals surface area contributed by atoms with Gasteiger partial charge >= 0.3 is 0 Å². The van der Waals surface area contributed by atoms with E-state index in [4.69, 9.17) is 19.2 Å². The summed E-state index contributed by atoms with van der Waals surface area (Å²) in [5, 5.41) is 14.1. The molecule has 1 saturated heterocycles. The van der Waals surface area contributed by atoms with E-state index in [9.17, 15) is 9.50 Å². The number of aromatic nitrogens is 1. The fraction of sp³-hybridized carbons (Fsp3) is 0.594. The molecule has 8 heteroatoms. The van der Waals surface area contributed by atoms with E-state index in [0.29, 0.717) is 26.2 Å². The van der Waals surface area contributed by atoms with Crippen LogP contribution in [0.3, 0.4) is 0 Å². The number of aliphatic hydroxyl groups is 1. The van der Waals surface area contributed by atoms with Gasteiger partial charge in [-0.2, -0.15) is 0 Å². The number of benzene rings is 1. The second-order valence-corrected chi connectivity index (χ2v) is 11.9. The summed E-state index contributed by atoms with van der Waals surface area (Å²) in [7, 11) is 1.68. The predicted molar refractivity (Wildman–Crippen MR) is 154 cm³/mol. The van der Waals surface area contributed by atoms with Gasteiger partial charge in [-0.05, 0) is 92.8 Å². The number of aliphatic hydroxyl groups excluding tert-OH is 1. The first-order valence-corrected chi connectivity index (χ1v) is 14.7. The lowest BCUT2D eigenvalue weighted by Crippen LogP contribution is -2.44. The van der Waals surface area contributed by atoms with Crippen molar-refractivity contribution in [2.24, 2.45) is 0 Å². The number of anilines is 1. The molecule has 0 amide bonds. The zero-order valence-corrected chi connectivity index (χ0v) is 24.2. The van der Waals surface area contributed by atoms with Crippen LogP contribution in [0.1, 0.15) is 73.5 Å². The standard InChI is InChI=1S/C32H44FN3O4/c1-21(37)30(28-17-24(33)16-23-20-40-29(18-27(23)28)32(2,3)38-4)36-14-12-26(19-36)39-15-6-5-9-25-11-10-22-8-7-13-34-31(22)35-25/h10-11,16-17,26,29-30,37H,1,5-9,12-15,18-20H2,2-4H3,(H,34,35)/t26-,29-,30-/m1/s1. The van der Waals surface area contributed by atoms with E-state index >= 15 is 0 Å². The SMILES string of the molecule is C=C(O)[C@H](c1cc(F)cc2c1C[C@H](C(C)(C)OC)OC2)N1CC[C@@H](OCCCCc2ccc3c(n2)NCCC3)C1. The molecular weight excluding hydrogens is 509 g/mol. The van der Waals surface area contributed by atoms with Crippen LogP contribution >= 0.6 is 0 Å². The highest BCUT2D eigenvalue weighted by Gasteiger charge is 2.38. The maximum absolute atomic E-state index is 14.7. The number of likely N-dealkylation sites (tertiary alicyclic amines) is 1. The summed E-state index contributed by atoms with van der Waals surface area (Å²) >= 11 is 0. The minimum Gasteiger partial charge on any atom is -0.511 e. The molecule has 3 aliphatic heterocycles. The van der Waals surface area contributed by atoms with Gasteiger partial charge < -0.3 is 24.6 Å². The van der Waals surface area contributed by atoms with Crippen LogP contribution < -0.4 is 5.32 Å². The van der Waals surface area contributed by atoms with Crippen LogP contribution in [0.5, 0.6) is 0 Å². The van der Waals surface area contributed by atoms with Crippen LogP contribution in [0.2, 0.25) is 0 Å². The Balaban J connectivity index is 1.17. The van der Waals surface area contributed by atoms with E-state index in [1.807, 2.05) is 13.8 Å². The number of unbranched alkanes of at least 4 members (excludes halogenated alkanes) is 1. The number of fused-ring (bicyclic) bond motifs is 2. The molecule has 0 saturated carbocycles. The van der Waals surface area contributed by atoms with Crippen LogP contribution in [-0.4, -0.2) is 66.2 Å². The number of methoxy groups -OCH3 is 1. The average Bonchev–Trinajstić information content (AvgIpc) is 3.40. The Morgan fingerprint density at radius 3 is 2.95 bits per heavy atom. The largest absolute Gasteiger partial charge is 0.511 e. The molecule has 0 radical (unpaired) electrons. The highest BCUT2D eigenvalue weighted by atomic mass is 19.1. The number of ether oxygens (including phenoxy) is 3. The Morgan fingerprint density at radius 1 is 1.30 bits per heavy atom. The fourth-order valence-corrected chi connectivity index (χ4v) is 6.23. The molecule has 1 fully saturated rings. The third-order valence-corrected chi connectivity index (χ3v) is 8.76. The highest BCUT2D eigenvalue weighted by molar-refractivity contribution is 5.47. The molecule has 3 aliphatic rings. The molecule has 1 aromatic heterocycles. The van der Waals surface area contributed by atoms with Gasteiger partial charge in [-0.1, -0.05) is 12.6 Å². The molecule has 40 heavy (non-hydrogen) atoms. The second-order valence-electron chi connectivity index (χ2n) is 11.9. The molecule has 4 heterocycles. The molecule has 218 valence electrons. The Bertz CT molecular complexity index is 1200. The van der Waals surface area contributed by atoms with Gasteiger partial charge in [0.05, 0.1) is 30.5 Å². The molecule has 7 nitrogen and oxygen atoms in total. The third kappa shape index (κ3) is 6.51. The summed E-state index contributed by atoms with van der Waals surface area (Å²) in [5.74, 6) is 0.745. The first-order valence-electron chi connectivity index (χ1n) is 14.7. The summed E-state index contributed by atoms with van der Waals surface area (Å²) in [6, 6.07) is 6.95. The number of hydrogen-bond donors (Lipinski definition) is 2. The van der Waals surface area contributed by atoms with Crippen molar-refractivity contribution in [1.29, 1.82) is 0 Å². The number of pyridine rings is 1. The van der Waals surface area contributed by atoms with Crippen LogP contribution in [0.25, 0.3) is 0 Å². The zero-order valence-electron chi connectivity index (χ0n) is 24.2.